The third-order valence-electron chi connectivity index (χ3n) is 5.07. The zero-order valence-corrected chi connectivity index (χ0v) is 21.5. The normalized spacial score (nSPS) is 12.7. The molecular formula is C24H32ClN3O4S. The molecule has 2 rings (SSSR count). The molecule has 0 bridgehead atoms. The Morgan fingerprint density at radius 3 is 2.18 bits per heavy atom. The van der Waals surface area contributed by atoms with Gasteiger partial charge < -0.3 is 10.2 Å². The number of nitrogens with one attached hydrogen (secondary N) is 1. The summed E-state index contributed by atoms with van der Waals surface area (Å²) in [6.07, 6.45) is 1.02. The molecule has 2 amide bonds. The number of nitrogens with zero attached hydrogens (tertiary/aromatic N) is 2. The van der Waals surface area contributed by atoms with Crippen molar-refractivity contribution < 1.29 is 18.0 Å². The third kappa shape index (κ3) is 7.47. The summed E-state index contributed by atoms with van der Waals surface area (Å²) in [4.78, 5) is 27.8. The lowest BCUT2D eigenvalue weighted by Crippen LogP contribution is -2.54. The van der Waals surface area contributed by atoms with Crippen molar-refractivity contribution in [2.45, 2.75) is 52.7 Å². The Morgan fingerprint density at radius 2 is 1.64 bits per heavy atom. The molecule has 1 unspecified atom stereocenters. The fourth-order valence-electron chi connectivity index (χ4n) is 3.28. The van der Waals surface area contributed by atoms with Crippen LogP contribution in [0.1, 0.15) is 38.8 Å². The van der Waals surface area contributed by atoms with Crippen molar-refractivity contribution in [3.63, 3.8) is 0 Å². The van der Waals surface area contributed by atoms with Crippen LogP contribution in [0.2, 0.25) is 5.02 Å². The first kappa shape index (κ1) is 26.7. The molecule has 2 aromatic carbocycles. The molecule has 1 N–H and O–H groups in total. The van der Waals surface area contributed by atoms with Crippen molar-refractivity contribution in [2.24, 2.45) is 0 Å². The van der Waals surface area contributed by atoms with Crippen LogP contribution in [0.3, 0.4) is 0 Å². The van der Waals surface area contributed by atoms with E-state index >= 15 is 0 Å². The molecule has 1 atom stereocenters. The molecule has 0 saturated carbocycles. The van der Waals surface area contributed by atoms with Gasteiger partial charge in [0.15, 0.2) is 0 Å². The van der Waals surface area contributed by atoms with Crippen molar-refractivity contribution in [1.82, 2.24) is 10.2 Å². The average molecular weight is 494 g/mol. The summed E-state index contributed by atoms with van der Waals surface area (Å²) in [6.45, 7) is 8.80. The molecule has 0 fully saturated rings. The van der Waals surface area contributed by atoms with Crippen molar-refractivity contribution in [1.29, 1.82) is 0 Å². The van der Waals surface area contributed by atoms with Crippen LogP contribution < -0.4 is 9.62 Å². The van der Waals surface area contributed by atoms with Gasteiger partial charge in [-0.25, -0.2) is 8.42 Å². The Hall–Kier alpha value is -2.58. The lowest BCUT2D eigenvalue weighted by molar-refractivity contribution is -0.140. The van der Waals surface area contributed by atoms with Gasteiger partial charge in [-0.1, -0.05) is 48.0 Å². The number of sulfonamides is 1. The largest absolute Gasteiger partial charge is 0.350 e. The van der Waals surface area contributed by atoms with Gasteiger partial charge >= 0.3 is 0 Å². The zero-order valence-electron chi connectivity index (χ0n) is 19.9. The predicted molar refractivity (Wildman–Crippen MR) is 133 cm³/mol. The highest BCUT2D eigenvalue weighted by molar-refractivity contribution is 7.92. The maximum absolute atomic E-state index is 13.5. The van der Waals surface area contributed by atoms with Gasteiger partial charge in [0.1, 0.15) is 12.6 Å². The van der Waals surface area contributed by atoms with E-state index in [4.69, 9.17) is 11.6 Å². The van der Waals surface area contributed by atoms with E-state index in [0.717, 1.165) is 21.7 Å². The van der Waals surface area contributed by atoms with E-state index in [9.17, 15) is 18.0 Å². The van der Waals surface area contributed by atoms with Crippen LogP contribution in [0.25, 0.3) is 0 Å². The fraction of sp³-hybridized carbons (Fsp3) is 0.417. The van der Waals surface area contributed by atoms with Gasteiger partial charge in [0, 0.05) is 12.1 Å². The number of anilines is 1. The molecule has 9 heteroatoms. The van der Waals surface area contributed by atoms with Crippen LogP contribution in [-0.2, 0) is 26.2 Å². The van der Waals surface area contributed by atoms with Crippen LogP contribution >= 0.6 is 11.6 Å². The highest BCUT2D eigenvalue weighted by Gasteiger charge is 2.32. The first-order valence-electron chi connectivity index (χ1n) is 10.6. The molecular weight excluding hydrogens is 462 g/mol. The van der Waals surface area contributed by atoms with Crippen molar-refractivity contribution in [3.05, 3.63) is 64.7 Å². The molecule has 0 radical (unpaired) electrons. The second-order valence-electron chi connectivity index (χ2n) is 9.08. The number of para-hydroxylation sites is 1. The summed E-state index contributed by atoms with van der Waals surface area (Å²) >= 11 is 6.23. The van der Waals surface area contributed by atoms with E-state index in [-0.39, 0.29) is 23.2 Å². The summed E-state index contributed by atoms with van der Waals surface area (Å²) in [5.74, 6) is -0.840. The maximum atomic E-state index is 13.5. The lowest BCUT2D eigenvalue weighted by Gasteiger charge is -2.33. The van der Waals surface area contributed by atoms with Crippen LogP contribution in [0, 0.1) is 6.92 Å². The van der Waals surface area contributed by atoms with Crippen LogP contribution in [0.15, 0.2) is 48.5 Å². The Balaban J connectivity index is 2.43. The average Bonchev–Trinajstić information content (AvgIpc) is 2.69. The summed E-state index contributed by atoms with van der Waals surface area (Å²) in [7, 11) is -3.82. The van der Waals surface area contributed by atoms with Gasteiger partial charge in [0.25, 0.3) is 0 Å². The molecule has 0 aliphatic rings. The first-order valence-corrected chi connectivity index (χ1v) is 12.8. The van der Waals surface area contributed by atoms with Gasteiger partial charge in [-0.05, 0) is 57.9 Å². The Morgan fingerprint density at radius 1 is 1.06 bits per heavy atom. The monoisotopic (exact) mass is 493 g/mol. The van der Waals surface area contributed by atoms with E-state index in [1.54, 1.807) is 25.1 Å². The van der Waals surface area contributed by atoms with Crippen LogP contribution in [-0.4, -0.2) is 49.5 Å². The Labute approximate surface area is 201 Å². The summed E-state index contributed by atoms with van der Waals surface area (Å²) in [5.41, 5.74) is 1.55. The number of halogens is 1. The lowest BCUT2D eigenvalue weighted by atomic mass is 10.1. The number of rotatable bonds is 8. The molecule has 2 aromatic rings. The minimum absolute atomic E-state index is 0.157. The molecule has 0 aliphatic heterocycles. The molecule has 0 spiro atoms. The zero-order chi connectivity index (χ0) is 25.0. The maximum Gasteiger partial charge on any atom is 0.244 e. The number of carbonyl (C=O) groups excluding carboxylic acids is 2. The summed E-state index contributed by atoms with van der Waals surface area (Å²) in [5, 5.41) is 3.10. The third-order valence-corrected chi connectivity index (χ3v) is 6.51. The predicted octanol–water partition coefficient (Wildman–Crippen LogP) is 3.75. The van der Waals surface area contributed by atoms with Crippen molar-refractivity contribution >= 4 is 39.1 Å². The molecule has 0 aliphatic carbocycles. The van der Waals surface area contributed by atoms with E-state index in [1.165, 1.54) is 11.0 Å². The highest BCUT2D eigenvalue weighted by atomic mass is 35.5. The number of amides is 2. The minimum Gasteiger partial charge on any atom is -0.350 e. The molecule has 7 nitrogen and oxygen atoms in total. The number of aryl methyl sites for hydroxylation is 1. The quantitative estimate of drug-likeness (QED) is 0.606. The van der Waals surface area contributed by atoms with E-state index < -0.39 is 34.1 Å². The van der Waals surface area contributed by atoms with Crippen LogP contribution in [0.5, 0.6) is 0 Å². The van der Waals surface area contributed by atoms with Crippen molar-refractivity contribution in [3.8, 4) is 0 Å². The summed E-state index contributed by atoms with van der Waals surface area (Å²) < 4.78 is 26.1. The van der Waals surface area contributed by atoms with Crippen molar-refractivity contribution in [2.75, 3.05) is 17.1 Å². The standard InChI is InChI=1S/C24H32ClN3O4S/c1-17-11-7-8-12-19(17)15-27(18(2)23(30)26-24(3,4)5)22(29)16-28(33(6,31)32)21-14-10-9-13-20(21)25/h7-14,18H,15-16H2,1-6H3,(H,26,30). The highest BCUT2D eigenvalue weighted by Crippen LogP contribution is 2.27. The Bertz CT molecular complexity index is 1110. The number of hydrogen-bond donors (Lipinski definition) is 1. The molecule has 33 heavy (non-hydrogen) atoms. The van der Waals surface area contributed by atoms with Gasteiger partial charge in [-0.15, -0.1) is 0 Å². The second kappa shape index (κ2) is 10.6. The molecule has 0 aromatic heterocycles. The van der Waals surface area contributed by atoms with Gasteiger partial charge in [0.2, 0.25) is 21.8 Å². The van der Waals surface area contributed by atoms with E-state index in [1.807, 2.05) is 52.0 Å². The molecule has 0 saturated heterocycles. The van der Waals surface area contributed by atoms with E-state index in [2.05, 4.69) is 5.32 Å². The summed E-state index contributed by atoms with van der Waals surface area (Å²) in [6, 6.07) is 13.1. The minimum atomic E-state index is -3.82. The van der Waals surface area contributed by atoms with Gasteiger partial charge in [-0.2, -0.15) is 0 Å². The van der Waals surface area contributed by atoms with Gasteiger partial charge in [-0.3, -0.25) is 13.9 Å². The fourth-order valence-corrected chi connectivity index (χ4v) is 4.43. The number of hydrogen-bond acceptors (Lipinski definition) is 4. The number of benzene rings is 2. The molecule has 180 valence electrons. The SMILES string of the molecule is Cc1ccccc1CN(C(=O)CN(c1ccccc1Cl)S(C)(=O)=O)C(C)C(=O)NC(C)(C)C. The smallest absolute Gasteiger partial charge is 0.244 e. The van der Waals surface area contributed by atoms with Crippen LogP contribution in [0.4, 0.5) is 5.69 Å². The Kier molecular flexibility index (Phi) is 8.54. The van der Waals surface area contributed by atoms with E-state index in [0.29, 0.717) is 0 Å². The number of carbonyl (C=O) groups is 2. The van der Waals surface area contributed by atoms with Gasteiger partial charge in [0.05, 0.1) is 17.0 Å². The first-order chi connectivity index (χ1) is 15.2. The molecule has 0 heterocycles. The second-order valence-corrected chi connectivity index (χ2v) is 11.4. The topological polar surface area (TPSA) is 86.8 Å².